The number of H-pyrrole nitrogens is 1. The van der Waals surface area contributed by atoms with E-state index in [1.807, 2.05) is 6.07 Å². The summed E-state index contributed by atoms with van der Waals surface area (Å²) in [6.07, 6.45) is 4.96. The number of nitrogens with one attached hydrogen (secondary N) is 2. The van der Waals surface area contributed by atoms with E-state index in [4.69, 9.17) is 4.42 Å². The number of carbonyl (C=O) groups is 1. The van der Waals surface area contributed by atoms with E-state index in [1.165, 1.54) is 11.8 Å². The third-order valence-corrected chi connectivity index (χ3v) is 2.76. The van der Waals surface area contributed by atoms with Gasteiger partial charge in [0.25, 0.3) is 0 Å². The van der Waals surface area contributed by atoms with Gasteiger partial charge in [-0.2, -0.15) is 0 Å². The van der Waals surface area contributed by atoms with Gasteiger partial charge in [0.15, 0.2) is 5.16 Å². The van der Waals surface area contributed by atoms with Gasteiger partial charge in [0, 0.05) is 12.4 Å². The van der Waals surface area contributed by atoms with Crippen LogP contribution in [-0.4, -0.2) is 21.6 Å². The molecule has 2 N–H and O–H groups in total. The van der Waals surface area contributed by atoms with Gasteiger partial charge in [-0.15, -0.1) is 0 Å². The molecule has 1 amide bonds. The van der Waals surface area contributed by atoms with Crippen LogP contribution in [0.2, 0.25) is 0 Å². The van der Waals surface area contributed by atoms with E-state index in [9.17, 15) is 4.79 Å². The minimum atomic E-state index is -0.0437. The SMILES string of the molecule is O=C(CSc1ncc[nH]1)NCc1ccco1. The summed E-state index contributed by atoms with van der Waals surface area (Å²) in [5.41, 5.74) is 0. The molecule has 0 aromatic carbocycles. The number of nitrogens with zero attached hydrogens (tertiary/aromatic N) is 1. The lowest BCUT2D eigenvalue weighted by molar-refractivity contribution is -0.118. The van der Waals surface area contributed by atoms with E-state index in [1.54, 1.807) is 24.7 Å². The predicted molar refractivity (Wildman–Crippen MR) is 59.9 cm³/mol. The lowest BCUT2D eigenvalue weighted by Gasteiger charge is -2.01. The quantitative estimate of drug-likeness (QED) is 0.771. The predicted octanol–water partition coefficient (Wildman–Crippen LogP) is 1.41. The lowest BCUT2D eigenvalue weighted by Crippen LogP contribution is -2.24. The van der Waals surface area contributed by atoms with Gasteiger partial charge in [0.1, 0.15) is 5.76 Å². The number of furan rings is 1. The van der Waals surface area contributed by atoms with Crippen molar-refractivity contribution in [2.24, 2.45) is 0 Å². The molecule has 0 spiro atoms. The molecule has 2 rings (SSSR count). The Hall–Kier alpha value is -1.69. The number of aromatic nitrogens is 2. The zero-order valence-corrected chi connectivity index (χ0v) is 9.29. The fourth-order valence-electron chi connectivity index (χ4n) is 1.11. The molecule has 0 saturated carbocycles. The van der Waals surface area contributed by atoms with Gasteiger partial charge in [0.05, 0.1) is 18.6 Å². The summed E-state index contributed by atoms with van der Waals surface area (Å²) in [6, 6.07) is 3.61. The molecule has 2 heterocycles. The highest BCUT2D eigenvalue weighted by molar-refractivity contribution is 7.99. The number of hydrogen-bond donors (Lipinski definition) is 2. The standard InChI is InChI=1S/C10H11N3O2S/c14-9(7-16-10-11-3-4-12-10)13-6-8-2-1-5-15-8/h1-5H,6-7H2,(H,11,12)(H,13,14). The van der Waals surface area contributed by atoms with Gasteiger partial charge in [-0.05, 0) is 12.1 Å². The molecule has 2 aromatic heterocycles. The van der Waals surface area contributed by atoms with E-state index in [-0.39, 0.29) is 5.91 Å². The lowest BCUT2D eigenvalue weighted by atomic mass is 10.4. The first-order valence-electron chi connectivity index (χ1n) is 4.76. The fourth-order valence-corrected chi connectivity index (χ4v) is 1.77. The molecule has 0 fully saturated rings. The first-order valence-corrected chi connectivity index (χ1v) is 5.74. The summed E-state index contributed by atoms with van der Waals surface area (Å²) in [5.74, 6) is 1.04. The maximum Gasteiger partial charge on any atom is 0.230 e. The van der Waals surface area contributed by atoms with E-state index in [0.717, 1.165) is 10.9 Å². The van der Waals surface area contributed by atoms with Crippen LogP contribution in [0.4, 0.5) is 0 Å². The minimum absolute atomic E-state index is 0.0437. The highest BCUT2D eigenvalue weighted by Gasteiger charge is 2.04. The average Bonchev–Trinajstić information content (AvgIpc) is 2.96. The number of hydrogen-bond acceptors (Lipinski definition) is 4. The third-order valence-electron chi connectivity index (χ3n) is 1.85. The molecule has 0 aliphatic carbocycles. The van der Waals surface area contributed by atoms with Crippen LogP contribution in [-0.2, 0) is 11.3 Å². The van der Waals surface area contributed by atoms with Crippen molar-refractivity contribution in [3.05, 3.63) is 36.5 Å². The summed E-state index contributed by atoms with van der Waals surface area (Å²) in [6.45, 7) is 0.421. The molecule has 0 saturated heterocycles. The maximum absolute atomic E-state index is 11.4. The monoisotopic (exact) mass is 237 g/mol. The average molecular weight is 237 g/mol. The van der Waals surface area contributed by atoms with Crippen LogP contribution in [0.5, 0.6) is 0 Å². The summed E-state index contributed by atoms with van der Waals surface area (Å²) >= 11 is 1.36. The van der Waals surface area contributed by atoms with Crippen LogP contribution in [0.25, 0.3) is 0 Å². The first kappa shape index (κ1) is 10.8. The zero-order chi connectivity index (χ0) is 11.2. The number of carbonyl (C=O) groups excluding carboxylic acids is 1. The molecule has 2 aromatic rings. The molecule has 0 atom stereocenters. The number of aromatic amines is 1. The van der Waals surface area contributed by atoms with E-state index in [2.05, 4.69) is 15.3 Å². The molecule has 5 nitrogen and oxygen atoms in total. The minimum Gasteiger partial charge on any atom is -0.467 e. The molecule has 16 heavy (non-hydrogen) atoms. The van der Waals surface area contributed by atoms with Gasteiger partial charge in [-0.25, -0.2) is 4.98 Å². The Bertz CT molecular complexity index is 385. The molecule has 0 radical (unpaired) electrons. The number of rotatable bonds is 5. The van der Waals surface area contributed by atoms with Gasteiger partial charge in [0.2, 0.25) is 5.91 Å². The Morgan fingerprint density at radius 2 is 2.56 bits per heavy atom. The van der Waals surface area contributed by atoms with Gasteiger partial charge in [-0.3, -0.25) is 4.79 Å². The molecule has 0 bridgehead atoms. The number of thioether (sulfide) groups is 1. The summed E-state index contributed by atoms with van der Waals surface area (Å²) in [7, 11) is 0. The van der Waals surface area contributed by atoms with Crippen LogP contribution < -0.4 is 5.32 Å². The number of imidazole rings is 1. The normalized spacial score (nSPS) is 10.2. The molecule has 6 heteroatoms. The van der Waals surface area contributed by atoms with Crippen molar-refractivity contribution < 1.29 is 9.21 Å². The van der Waals surface area contributed by atoms with Crippen molar-refractivity contribution in [3.8, 4) is 0 Å². The van der Waals surface area contributed by atoms with Crippen molar-refractivity contribution in [3.63, 3.8) is 0 Å². The van der Waals surface area contributed by atoms with Crippen molar-refractivity contribution >= 4 is 17.7 Å². The number of amides is 1. The summed E-state index contributed by atoms with van der Waals surface area (Å²) in [5, 5.41) is 3.50. The summed E-state index contributed by atoms with van der Waals surface area (Å²) < 4.78 is 5.09. The Balaban J connectivity index is 1.69. The molecule has 0 aliphatic rings. The van der Waals surface area contributed by atoms with Crippen LogP contribution in [0.3, 0.4) is 0 Å². The van der Waals surface area contributed by atoms with Gasteiger partial charge < -0.3 is 14.7 Å². The molecule has 0 aliphatic heterocycles. The Morgan fingerprint density at radius 3 is 3.25 bits per heavy atom. The Labute approximate surface area is 96.6 Å². The van der Waals surface area contributed by atoms with E-state index in [0.29, 0.717) is 12.3 Å². The first-order chi connectivity index (χ1) is 7.84. The second kappa shape index (κ2) is 5.41. The smallest absolute Gasteiger partial charge is 0.230 e. The molecule has 84 valence electrons. The summed E-state index contributed by atoms with van der Waals surface area (Å²) in [4.78, 5) is 18.3. The van der Waals surface area contributed by atoms with Crippen LogP contribution in [0.15, 0.2) is 40.4 Å². The highest BCUT2D eigenvalue weighted by Crippen LogP contribution is 2.10. The Kier molecular flexibility index (Phi) is 3.66. The molecule has 0 unspecified atom stereocenters. The second-order valence-electron chi connectivity index (χ2n) is 3.04. The van der Waals surface area contributed by atoms with Crippen molar-refractivity contribution in [1.29, 1.82) is 0 Å². The largest absolute Gasteiger partial charge is 0.467 e. The highest BCUT2D eigenvalue weighted by atomic mass is 32.2. The fraction of sp³-hybridized carbons (Fsp3) is 0.200. The maximum atomic E-state index is 11.4. The second-order valence-corrected chi connectivity index (χ2v) is 4.00. The van der Waals surface area contributed by atoms with Crippen molar-refractivity contribution in [2.75, 3.05) is 5.75 Å². The zero-order valence-electron chi connectivity index (χ0n) is 8.47. The topological polar surface area (TPSA) is 70.9 Å². The van der Waals surface area contributed by atoms with Crippen LogP contribution in [0.1, 0.15) is 5.76 Å². The molecular formula is C10H11N3O2S. The van der Waals surface area contributed by atoms with Gasteiger partial charge >= 0.3 is 0 Å². The van der Waals surface area contributed by atoms with Gasteiger partial charge in [-0.1, -0.05) is 11.8 Å². The van der Waals surface area contributed by atoms with E-state index < -0.39 is 0 Å². The van der Waals surface area contributed by atoms with Crippen molar-refractivity contribution in [1.82, 2.24) is 15.3 Å². The van der Waals surface area contributed by atoms with Crippen LogP contribution >= 0.6 is 11.8 Å². The van der Waals surface area contributed by atoms with Crippen molar-refractivity contribution in [2.45, 2.75) is 11.7 Å². The van der Waals surface area contributed by atoms with Crippen LogP contribution in [0, 0.1) is 0 Å². The third kappa shape index (κ3) is 3.16. The van der Waals surface area contributed by atoms with E-state index >= 15 is 0 Å². The molecular weight excluding hydrogens is 226 g/mol. The Morgan fingerprint density at radius 1 is 1.62 bits per heavy atom.